The number of ether oxygens (including phenoxy) is 2. The van der Waals surface area contributed by atoms with Gasteiger partial charge in [0.05, 0.1) is 18.8 Å². The van der Waals surface area contributed by atoms with Gasteiger partial charge < -0.3 is 20.1 Å². The minimum absolute atomic E-state index is 0.0204. The van der Waals surface area contributed by atoms with Crippen molar-refractivity contribution in [2.24, 2.45) is 0 Å². The molecule has 0 spiro atoms. The van der Waals surface area contributed by atoms with Crippen molar-refractivity contribution in [2.45, 2.75) is 38.9 Å². The van der Waals surface area contributed by atoms with Crippen LogP contribution < -0.4 is 15.4 Å². The smallest absolute Gasteiger partial charge is 0.239 e. The Balaban J connectivity index is 1.68. The normalized spacial score (nSPS) is 17.8. The number of amides is 1. The molecule has 2 rings (SSSR count). The van der Waals surface area contributed by atoms with E-state index in [0.717, 1.165) is 30.9 Å². The van der Waals surface area contributed by atoms with Crippen molar-refractivity contribution in [2.75, 3.05) is 25.0 Å². The molecular weight excluding hydrogens is 268 g/mol. The van der Waals surface area contributed by atoms with Crippen molar-refractivity contribution in [1.82, 2.24) is 5.32 Å². The molecule has 0 aromatic heterocycles. The van der Waals surface area contributed by atoms with Gasteiger partial charge in [0.1, 0.15) is 5.75 Å². The van der Waals surface area contributed by atoms with Crippen molar-refractivity contribution in [3.8, 4) is 5.75 Å². The van der Waals surface area contributed by atoms with Crippen molar-refractivity contribution in [1.29, 1.82) is 0 Å². The minimum Gasteiger partial charge on any atom is -0.491 e. The Morgan fingerprint density at radius 1 is 1.38 bits per heavy atom. The van der Waals surface area contributed by atoms with Gasteiger partial charge in [-0.25, -0.2) is 0 Å². The summed E-state index contributed by atoms with van der Waals surface area (Å²) in [4.78, 5) is 11.7. The molecule has 116 valence electrons. The highest BCUT2D eigenvalue weighted by atomic mass is 16.5. The Bertz CT molecular complexity index is 439. The van der Waals surface area contributed by atoms with Gasteiger partial charge in [0.25, 0.3) is 0 Å². The zero-order chi connectivity index (χ0) is 15.1. The molecule has 0 radical (unpaired) electrons. The fourth-order valence-corrected chi connectivity index (χ4v) is 2.20. The Morgan fingerprint density at radius 2 is 2.14 bits per heavy atom. The van der Waals surface area contributed by atoms with Crippen LogP contribution in [-0.2, 0) is 9.53 Å². The molecule has 0 aliphatic carbocycles. The number of benzene rings is 1. The molecule has 5 heteroatoms. The second-order valence-electron chi connectivity index (χ2n) is 5.48. The van der Waals surface area contributed by atoms with Crippen LogP contribution in [-0.4, -0.2) is 37.8 Å². The molecule has 1 aliphatic heterocycles. The van der Waals surface area contributed by atoms with E-state index in [9.17, 15) is 4.79 Å². The average Bonchev–Trinajstić information content (AvgIpc) is 2.97. The molecular formula is C16H24N2O3. The van der Waals surface area contributed by atoms with Crippen LogP contribution in [0.4, 0.5) is 5.69 Å². The third kappa shape index (κ3) is 5.63. The fraction of sp³-hybridized carbons (Fsp3) is 0.562. The SMILES string of the molecule is CC(C)Oc1ccc(NCC(=O)NCC2CCCO2)cc1. The van der Waals surface area contributed by atoms with Crippen LogP contribution in [0.2, 0.25) is 0 Å². The van der Waals surface area contributed by atoms with Gasteiger partial charge in [-0.05, 0) is 51.0 Å². The van der Waals surface area contributed by atoms with Crippen LogP contribution in [0.25, 0.3) is 0 Å². The van der Waals surface area contributed by atoms with Crippen molar-refractivity contribution >= 4 is 11.6 Å². The van der Waals surface area contributed by atoms with E-state index < -0.39 is 0 Å². The lowest BCUT2D eigenvalue weighted by Crippen LogP contribution is -2.35. The summed E-state index contributed by atoms with van der Waals surface area (Å²) in [6.45, 7) is 5.65. The first-order valence-corrected chi connectivity index (χ1v) is 7.52. The second kappa shape index (κ2) is 7.88. The van der Waals surface area contributed by atoms with Crippen molar-refractivity contribution in [3.63, 3.8) is 0 Å². The average molecular weight is 292 g/mol. The highest BCUT2D eigenvalue weighted by Gasteiger charge is 2.15. The Kier molecular flexibility index (Phi) is 5.87. The zero-order valence-electron chi connectivity index (χ0n) is 12.7. The van der Waals surface area contributed by atoms with Gasteiger partial charge in [-0.1, -0.05) is 0 Å². The number of rotatable bonds is 7. The minimum atomic E-state index is -0.0204. The van der Waals surface area contributed by atoms with E-state index in [2.05, 4.69) is 10.6 Å². The maximum Gasteiger partial charge on any atom is 0.239 e. The molecule has 5 nitrogen and oxygen atoms in total. The second-order valence-corrected chi connectivity index (χ2v) is 5.48. The molecule has 0 bridgehead atoms. The van der Waals surface area contributed by atoms with Gasteiger partial charge in [0.2, 0.25) is 5.91 Å². The predicted molar refractivity (Wildman–Crippen MR) is 82.7 cm³/mol. The van der Waals surface area contributed by atoms with Crippen LogP contribution in [0.3, 0.4) is 0 Å². The van der Waals surface area contributed by atoms with Gasteiger partial charge in [0, 0.05) is 18.8 Å². The van der Waals surface area contributed by atoms with Crippen LogP contribution in [0.1, 0.15) is 26.7 Å². The summed E-state index contributed by atoms with van der Waals surface area (Å²) < 4.78 is 11.0. The molecule has 1 aromatic rings. The summed E-state index contributed by atoms with van der Waals surface area (Å²) in [5.74, 6) is 0.811. The quantitative estimate of drug-likeness (QED) is 0.808. The number of anilines is 1. The van der Waals surface area contributed by atoms with E-state index in [1.165, 1.54) is 0 Å². The Labute approximate surface area is 126 Å². The lowest BCUT2D eigenvalue weighted by molar-refractivity contribution is -0.119. The third-order valence-electron chi connectivity index (χ3n) is 3.23. The molecule has 21 heavy (non-hydrogen) atoms. The summed E-state index contributed by atoms with van der Waals surface area (Å²) in [5, 5.41) is 5.97. The maximum atomic E-state index is 11.7. The molecule has 0 saturated carbocycles. The summed E-state index contributed by atoms with van der Waals surface area (Å²) >= 11 is 0. The summed E-state index contributed by atoms with van der Waals surface area (Å²) in [6.07, 6.45) is 2.46. The topological polar surface area (TPSA) is 59.6 Å². The van der Waals surface area contributed by atoms with Crippen LogP contribution in [0, 0.1) is 0 Å². The molecule has 1 aromatic carbocycles. The molecule has 1 unspecified atom stereocenters. The largest absolute Gasteiger partial charge is 0.491 e. The molecule has 1 aliphatic rings. The van der Waals surface area contributed by atoms with Crippen molar-refractivity contribution < 1.29 is 14.3 Å². The third-order valence-corrected chi connectivity index (χ3v) is 3.23. The molecule has 1 saturated heterocycles. The van der Waals surface area contributed by atoms with Gasteiger partial charge in [-0.2, -0.15) is 0 Å². The first kappa shape index (κ1) is 15.6. The Morgan fingerprint density at radius 3 is 2.76 bits per heavy atom. The van der Waals surface area contributed by atoms with E-state index in [-0.39, 0.29) is 24.7 Å². The zero-order valence-corrected chi connectivity index (χ0v) is 12.7. The van der Waals surface area contributed by atoms with Crippen LogP contribution >= 0.6 is 0 Å². The number of carbonyl (C=O) groups excluding carboxylic acids is 1. The highest BCUT2D eigenvalue weighted by molar-refractivity contribution is 5.80. The van der Waals surface area contributed by atoms with Gasteiger partial charge in [-0.3, -0.25) is 4.79 Å². The summed E-state index contributed by atoms with van der Waals surface area (Å²) in [5.41, 5.74) is 0.901. The van der Waals surface area contributed by atoms with E-state index in [4.69, 9.17) is 9.47 Å². The first-order valence-electron chi connectivity index (χ1n) is 7.52. The highest BCUT2D eigenvalue weighted by Crippen LogP contribution is 2.16. The molecule has 1 fully saturated rings. The summed E-state index contributed by atoms with van der Waals surface area (Å²) in [6, 6.07) is 7.61. The molecule has 1 heterocycles. The van der Waals surface area contributed by atoms with Gasteiger partial charge in [-0.15, -0.1) is 0 Å². The lowest BCUT2D eigenvalue weighted by atomic mass is 10.2. The predicted octanol–water partition coefficient (Wildman–Crippen LogP) is 2.18. The van der Waals surface area contributed by atoms with Crippen molar-refractivity contribution in [3.05, 3.63) is 24.3 Å². The lowest BCUT2D eigenvalue weighted by Gasteiger charge is -2.12. The standard InChI is InChI=1S/C16H24N2O3/c1-12(2)21-14-7-5-13(6-8-14)17-11-16(19)18-10-15-4-3-9-20-15/h5-8,12,15,17H,3-4,9-11H2,1-2H3,(H,18,19). The van der Waals surface area contributed by atoms with E-state index >= 15 is 0 Å². The number of nitrogens with one attached hydrogen (secondary N) is 2. The number of hydrogen-bond acceptors (Lipinski definition) is 4. The van der Waals surface area contributed by atoms with E-state index in [1.54, 1.807) is 0 Å². The van der Waals surface area contributed by atoms with Crippen LogP contribution in [0.15, 0.2) is 24.3 Å². The van der Waals surface area contributed by atoms with Gasteiger partial charge >= 0.3 is 0 Å². The van der Waals surface area contributed by atoms with E-state index in [0.29, 0.717) is 6.54 Å². The fourth-order valence-electron chi connectivity index (χ4n) is 2.20. The maximum absolute atomic E-state index is 11.7. The molecule has 1 atom stereocenters. The van der Waals surface area contributed by atoms with Gasteiger partial charge in [0.15, 0.2) is 0 Å². The Hall–Kier alpha value is -1.75. The monoisotopic (exact) mass is 292 g/mol. The number of hydrogen-bond donors (Lipinski definition) is 2. The molecule has 2 N–H and O–H groups in total. The number of carbonyl (C=O) groups is 1. The molecule has 1 amide bonds. The van der Waals surface area contributed by atoms with Crippen LogP contribution in [0.5, 0.6) is 5.75 Å². The summed E-state index contributed by atoms with van der Waals surface area (Å²) in [7, 11) is 0. The first-order chi connectivity index (χ1) is 10.1. The van der Waals surface area contributed by atoms with E-state index in [1.807, 2.05) is 38.1 Å².